The highest BCUT2D eigenvalue weighted by molar-refractivity contribution is 4.81. The number of ether oxygens (including phenoxy) is 1. The van der Waals surface area contributed by atoms with Crippen LogP contribution < -0.4 is 0 Å². The molecule has 0 aromatic carbocycles. The summed E-state index contributed by atoms with van der Waals surface area (Å²) in [7, 11) is 0. The van der Waals surface area contributed by atoms with Gasteiger partial charge >= 0.3 is 0 Å². The van der Waals surface area contributed by atoms with Crippen molar-refractivity contribution in [2.75, 3.05) is 13.2 Å². The van der Waals surface area contributed by atoms with E-state index in [-0.39, 0.29) is 13.2 Å². The van der Waals surface area contributed by atoms with Crippen LogP contribution in [0.3, 0.4) is 0 Å². The summed E-state index contributed by atoms with van der Waals surface area (Å²) >= 11 is 0. The molecular formula is C5H10O4. The Hall–Kier alpha value is -0.160. The molecule has 1 saturated heterocycles. The number of rotatable bonds is 1. The summed E-state index contributed by atoms with van der Waals surface area (Å²) in [5.41, 5.74) is 0. The zero-order chi connectivity index (χ0) is 6.85. The maximum Gasteiger partial charge on any atom is 0.110 e. The number of hydrogen-bond donors (Lipinski definition) is 3. The molecule has 0 bridgehead atoms. The van der Waals surface area contributed by atoms with Gasteiger partial charge in [0.05, 0.1) is 13.2 Å². The second kappa shape index (κ2) is 2.62. The average Bonchev–Trinajstić information content (AvgIpc) is 2.15. The van der Waals surface area contributed by atoms with Gasteiger partial charge in [-0.25, -0.2) is 0 Å². The van der Waals surface area contributed by atoms with Gasteiger partial charge in [0.25, 0.3) is 0 Å². The summed E-state index contributed by atoms with van der Waals surface area (Å²) in [5.74, 6) is 0. The molecule has 1 rings (SSSR count). The van der Waals surface area contributed by atoms with Crippen molar-refractivity contribution in [1.29, 1.82) is 0 Å². The Morgan fingerprint density at radius 3 is 2.33 bits per heavy atom. The predicted octanol–water partition coefficient (Wildman–Crippen LogP) is -1.90. The minimum Gasteiger partial charge on any atom is -0.394 e. The summed E-state index contributed by atoms with van der Waals surface area (Å²) in [6.07, 6.45) is -2.35. The van der Waals surface area contributed by atoms with Crippen molar-refractivity contribution in [1.82, 2.24) is 0 Å². The third-order valence-electron chi connectivity index (χ3n) is 1.44. The van der Waals surface area contributed by atoms with E-state index >= 15 is 0 Å². The molecule has 4 heteroatoms. The maximum absolute atomic E-state index is 8.92. The SMILES string of the molecule is OC[C@@H]1OC[C@H](O)[C@@H]1O. The highest BCUT2D eigenvalue weighted by Crippen LogP contribution is 2.12. The van der Waals surface area contributed by atoms with Crippen LogP contribution in [0.25, 0.3) is 0 Å². The third kappa shape index (κ3) is 1.21. The van der Waals surface area contributed by atoms with Crippen LogP contribution in [0.2, 0.25) is 0 Å². The summed E-state index contributed by atoms with van der Waals surface area (Å²) in [5, 5.41) is 26.2. The quantitative estimate of drug-likeness (QED) is 0.392. The van der Waals surface area contributed by atoms with Gasteiger partial charge in [-0.1, -0.05) is 0 Å². The largest absolute Gasteiger partial charge is 0.394 e. The van der Waals surface area contributed by atoms with Crippen molar-refractivity contribution in [2.45, 2.75) is 18.3 Å². The minimum absolute atomic E-state index is 0.117. The van der Waals surface area contributed by atoms with E-state index in [0.717, 1.165) is 0 Å². The van der Waals surface area contributed by atoms with Crippen LogP contribution in [0.1, 0.15) is 0 Å². The summed E-state index contributed by atoms with van der Waals surface area (Å²) in [6.45, 7) is -0.120. The van der Waals surface area contributed by atoms with Gasteiger partial charge < -0.3 is 20.1 Å². The Kier molecular flexibility index (Phi) is 2.02. The average molecular weight is 134 g/mol. The van der Waals surface area contributed by atoms with Gasteiger partial charge in [0.1, 0.15) is 18.3 Å². The van der Waals surface area contributed by atoms with Gasteiger partial charge in [-0.05, 0) is 0 Å². The first kappa shape index (κ1) is 6.95. The van der Waals surface area contributed by atoms with Gasteiger partial charge in [-0.2, -0.15) is 0 Å². The smallest absolute Gasteiger partial charge is 0.110 e. The molecule has 0 aromatic heterocycles. The van der Waals surface area contributed by atoms with E-state index in [1.165, 1.54) is 0 Å². The Morgan fingerprint density at radius 1 is 1.44 bits per heavy atom. The zero-order valence-electron chi connectivity index (χ0n) is 4.90. The minimum atomic E-state index is -0.921. The van der Waals surface area contributed by atoms with Crippen LogP contribution in [0.5, 0.6) is 0 Å². The summed E-state index contributed by atoms with van der Waals surface area (Å²) < 4.78 is 4.78. The fraction of sp³-hybridized carbons (Fsp3) is 1.00. The van der Waals surface area contributed by atoms with Crippen molar-refractivity contribution < 1.29 is 20.1 Å². The van der Waals surface area contributed by atoms with E-state index in [0.29, 0.717) is 0 Å². The van der Waals surface area contributed by atoms with Gasteiger partial charge in [0, 0.05) is 0 Å². The Balaban J connectivity index is 2.41. The molecule has 0 aromatic rings. The molecule has 3 N–H and O–H groups in total. The van der Waals surface area contributed by atoms with Crippen LogP contribution in [-0.4, -0.2) is 46.8 Å². The molecule has 0 unspecified atom stereocenters. The lowest BCUT2D eigenvalue weighted by Crippen LogP contribution is -2.31. The molecule has 0 amide bonds. The van der Waals surface area contributed by atoms with Crippen molar-refractivity contribution in [3.8, 4) is 0 Å². The zero-order valence-corrected chi connectivity index (χ0v) is 4.90. The first-order chi connectivity index (χ1) is 4.25. The maximum atomic E-state index is 8.92. The van der Waals surface area contributed by atoms with E-state index in [2.05, 4.69) is 0 Å². The van der Waals surface area contributed by atoms with Crippen LogP contribution in [0, 0.1) is 0 Å². The number of aliphatic hydroxyl groups is 3. The monoisotopic (exact) mass is 134 g/mol. The summed E-state index contributed by atoms with van der Waals surface area (Å²) in [4.78, 5) is 0. The molecule has 4 nitrogen and oxygen atoms in total. The number of hydrogen-bond acceptors (Lipinski definition) is 4. The van der Waals surface area contributed by atoms with Crippen molar-refractivity contribution in [3.63, 3.8) is 0 Å². The van der Waals surface area contributed by atoms with Gasteiger partial charge in [-0.3, -0.25) is 0 Å². The molecule has 1 aliphatic heterocycles. The first-order valence-electron chi connectivity index (χ1n) is 2.84. The lowest BCUT2D eigenvalue weighted by Gasteiger charge is -2.10. The van der Waals surface area contributed by atoms with E-state index in [9.17, 15) is 0 Å². The summed E-state index contributed by atoms with van der Waals surface area (Å²) in [6, 6.07) is 0. The van der Waals surface area contributed by atoms with E-state index in [4.69, 9.17) is 20.1 Å². The van der Waals surface area contributed by atoms with Crippen molar-refractivity contribution >= 4 is 0 Å². The standard InChI is InChI=1S/C5H10O4/c6-1-4-5(8)3(7)2-9-4/h3-8H,1-2H2/t3-,4-,5-/m0/s1. The Bertz CT molecular complexity index is 95.0. The Labute approximate surface area is 52.7 Å². The Morgan fingerprint density at radius 2 is 2.11 bits per heavy atom. The fourth-order valence-electron chi connectivity index (χ4n) is 0.828. The number of aliphatic hydroxyl groups excluding tert-OH is 3. The molecule has 1 heterocycles. The molecule has 0 aliphatic carbocycles. The normalized spacial score (nSPS) is 43.7. The van der Waals surface area contributed by atoms with E-state index in [1.54, 1.807) is 0 Å². The first-order valence-corrected chi connectivity index (χ1v) is 2.84. The molecule has 1 aliphatic rings. The van der Waals surface area contributed by atoms with Crippen molar-refractivity contribution in [3.05, 3.63) is 0 Å². The third-order valence-corrected chi connectivity index (χ3v) is 1.44. The highest BCUT2D eigenvalue weighted by Gasteiger charge is 2.33. The van der Waals surface area contributed by atoms with Gasteiger partial charge in [0.2, 0.25) is 0 Å². The highest BCUT2D eigenvalue weighted by atomic mass is 16.5. The molecule has 0 saturated carbocycles. The van der Waals surface area contributed by atoms with E-state index in [1.807, 2.05) is 0 Å². The van der Waals surface area contributed by atoms with Crippen LogP contribution in [0.4, 0.5) is 0 Å². The van der Waals surface area contributed by atoms with Crippen LogP contribution >= 0.6 is 0 Å². The van der Waals surface area contributed by atoms with Crippen LogP contribution in [-0.2, 0) is 4.74 Å². The lowest BCUT2D eigenvalue weighted by molar-refractivity contribution is -0.00588. The lowest BCUT2D eigenvalue weighted by atomic mass is 10.2. The molecule has 9 heavy (non-hydrogen) atoms. The fourth-order valence-corrected chi connectivity index (χ4v) is 0.828. The van der Waals surface area contributed by atoms with Gasteiger partial charge in [-0.15, -0.1) is 0 Å². The van der Waals surface area contributed by atoms with Gasteiger partial charge in [0.15, 0.2) is 0 Å². The molecular weight excluding hydrogens is 124 g/mol. The second-order valence-corrected chi connectivity index (χ2v) is 2.11. The molecule has 3 atom stereocenters. The molecule has 0 radical (unpaired) electrons. The van der Waals surface area contributed by atoms with Crippen molar-refractivity contribution in [2.24, 2.45) is 0 Å². The molecule has 54 valence electrons. The van der Waals surface area contributed by atoms with E-state index < -0.39 is 18.3 Å². The molecule has 1 fully saturated rings. The van der Waals surface area contributed by atoms with Crippen LogP contribution in [0.15, 0.2) is 0 Å². The second-order valence-electron chi connectivity index (χ2n) is 2.11. The topological polar surface area (TPSA) is 69.9 Å². The molecule has 0 spiro atoms. The predicted molar refractivity (Wildman–Crippen MR) is 28.8 cm³/mol.